The van der Waals surface area contributed by atoms with Gasteiger partial charge in [0.1, 0.15) is 59.8 Å². The monoisotopic (exact) mass is 1070 g/mol. The van der Waals surface area contributed by atoms with Crippen molar-refractivity contribution in [1.29, 1.82) is 0 Å². The van der Waals surface area contributed by atoms with Crippen molar-refractivity contribution in [3.8, 4) is 5.75 Å². The highest BCUT2D eigenvalue weighted by atomic mass is 16.3. The number of fused-ring (bicyclic) bond motifs is 2. The normalized spacial score (nSPS) is 30.2. The van der Waals surface area contributed by atoms with E-state index in [9.17, 15) is 79.5 Å². The average molecular weight is 1070 g/mol. The molecule has 15 atom stereocenters. The largest absolute Gasteiger partial charge is 0.508 e. The number of phenols is 1. The maximum Gasteiger partial charge on any atom is 0.250 e. The van der Waals surface area contributed by atoms with Crippen LogP contribution in [0.1, 0.15) is 136 Å². The smallest absolute Gasteiger partial charge is 0.250 e. The van der Waals surface area contributed by atoms with Gasteiger partial charge in [0.2, 0.25) is 41.4 Å². The number of aromatic hydroxyl groups is 1. The van der Waals surface area contributed by atoms with Gasteiger partial charge in [-0.05, 0) is 77.0 Å². The van der Waals surface area contributed by atoms with Crippen LogP contribution in [0.4, 0.5) is 0 Å². The van der Waals surface area contributed by atoms with E-state index in [1.54, 1.807) is 0 Å². The second-order valence-corrected chi connectivity index (χ2v) is 20.7. The quantitative estimate of drug-likeness (QED) is 0.0554. The molecule has 3 fully saturated rings. The van der Waals surface area contributed by atoms with Gasteiger partial charge in [-0.25, -0.2) is 0 Å². The Hall–Kier alpha value is -5.53. The highest BCUT2D eigenvalue weighted by Gasteiger charge is 2.57. The molecule has 0 saturated carbocycles. The van der Waals surface area contributed by atoms with Crippen molar-refractivity contribution in [2.75, 3.05) is 13.1 Å². The number of amides is 7. The lowest BCUT2D eigenvalue weighted by Crippen LogP contribution is -2.67. The summed E-state index contributed by atoms with van der Waals surface area (Å²) in [5.74, 6) is -9.05. The van der Waals surface area contributed by atoms with Gasteiger partial charge in [0.25, 0.3) is 0 Å². The number of benzene rings is 1. The van der Waals surface area contributed by atoms with Crippen LogP contribution >= 0.6 is 0 Å². The fourth-order valence-corrected chi connectivity index (χ4v) is 9.74. The lowest BCUT2D eigenvalue weighted by Gasteiger charge is -2.39. The fraction of sp³-hybridized carbons (Fsp3) is 0.679. The first kappa shape index (κ1) is 63.0. The molecule has 2 unspecified atom stereocenters. The molecule has 0 spiro atoms. The Kier molecular flexibility index (Phi) is 24.7. The molecular weight excluding hydrogens is 991 g/mol. The summed E-state index contributed by atoms with van der Waals surface area (Å²) >= 11 is 0. The second-order valence-electron chi connectivity index (χ2n) is 20.7. The van der Waals surface area contributed by atoms with Crippen molar-refractivity contribution in [2.45, 2.75) is 209 Å². The van der Waals surface area contributed by atoms with Gasteiger partial charge in [-0.3, -0.25) is 33.6 Å². The molecule has 0 radical (unpaired) electrons. The summed E-state index contributed by atoms with van der Waals surface area (Å²) in [6.07, 6.45) is 2.35. The number of phenolic OH excluding ortho intramolecular Hbond substituents is 1. The first-order valence-electron chi connectivity index (χ1n) is 26.6. The van der Waals surface area contributed by atoms with E-state index in [1.165, 1.54) is 38.3 Å². The van der Waals surface area contributed by atoms with E-state index in [2.05, 4.69) is 57.8 Å². The minimum atomic E-state index is -2.29. The second kappa shape index (κ2) is 29.8. The lowest BCUT2D eigenvalue weighted by molar-refractivity contribution is -0.155. The molecule has 7 amide bonds. The summed E-state index contributed by atoms with van der Waals surface area (Å²) < 4.78 is 0. The lowest BCUT2D eigenvalue weighted by atomic mass is 9.89. The molecule has 0 aromatic heterocycles. The van der Waals surface area contributed by atoms with Crippen molar-refractivity contribution in [3.63, 3.8) is 0 Å². The van der Waals surface area contributed by atoms with Crippen LogP contribution in [0, 0.1) is 5.92 Å². The molecule has 4 rings (SSSR count). The van der Waals surface area contributed by atoms with E-state index in [0.717, 1.165) is 81.2 Å². The van der Waals surface area contributed by atoms with Gasteiger partial charge in [-0.2, -0.15) is 0 Å². The van der Waals surface area contributed by atoms with Crippen LogP contribution in [-0.4, -0.2) is 189 Å². The van der Waals surface area contributed by atoms with E-state index in [0.29, 0.717) is 12.8 Å². The van der Waals surface area contributed by atoms with Crippen LogP contribution in [0.3, 0.4) is 0 Å². The van der Waals surface area contributed by atoms with Gasteiger partial charge in [0, 0.05) is 38.3 Å². The van der Waals surface area contributed by atoms with E-state index in [-0.39, 0.29) is 24.3 Å². The summed E-state index contributed by atoms with van der Waals surface area (Å²) in [4.78, 5) is 101. The number of rotatable bonds is 20. The third kappa shape index (κ3) is 17.0. The van der Waals surface area contributed by atoms with Crippen molar-refractivity contribution in [2.24, 2.45) is 5.92 Å². The molecule has 76 heavy (non-hydrogen) atoms. The zero-order valence-electron chi connectivity index (χ0n) is 44.3. The summed E-state index contributed by atoms with van der Waals surface area (Å²) in [6, 6.07) is -4.84. The van der Waals surface area contributed by atoms with Crippen LogP contribution in [0.2, 0.25) is 0 Å². The molecule has 23 heteroatoms. The highest BCUT2D eigenvalue weighted by molar-refractivity contribution is 5.99. The predicted molar refractivity (Wildman–Crippen MR) is 276 cm³/mol. The first-order valence-corrected chi connectivity index (χ1v) is 26.6. The predicted octanol–water partition coefficient (Wildman–Crippen LogP) is -0.940. The summed E-state index contributed by atoms with van der Waals surface area (Å²) in [5.41, 5.74) is -2.35. The molecule has 426 valence electrons. The zero-order chi connectivity index (χ0) is 56.4. The van der Waals surface area contributed by atoms with Crippen LogP contribution in [0.15, 0.2) is 48.6 Å². The first-order chi connectivity index (χ1) is 35.9. The van der Waals surface area contributed by atoms with E-state index >= 15 is 0 Å². The van der Waals surface area contributed by atoms with Gasteiger partial charge >= 0.3 is 0 Å². The van der Waals surface area contributed by atoms with Crippen LogP contribution < -0.4 is 26.6 Å². The Balaban J connectivity index is 1.65. The van der Waals surface area contributed by atoms with Crippen molar-refractivity contribution < 1.29 is 79.5 Å². The number of allylic oxidation sites excluding steroid dienone is 4. The Morgan fingerprint density at radius 2 is 1.29 bits per heavy atom. The number of carbonyl (C=O) groups excluding carboxylic acids is 7. The number of nitrogens with one attached hydrogen (secondary N) is 5. The van der Waals surface area contributed by atoms with Gasteiger partial charge in [0.05, 0.1) is 24.4 Å². The third-order valence-corrected chi connectivity index (χ3v) is 14.4. The SMILES string of the molecule is CCCCC/C=C\C/C=C\CCCCCCCC(=O)N[C@H]1C[C@@H](O)[C@@H](O)NC(=O)[C@]2(C)[C@@H](O)[C@@H](C)CN2C(=O)C(C(C)O)NC(=O)[C@H]([C@H](O)[C@@H](O)c2ccc(O)cc2)NC(=O)[C@@H]2C[C@@H](O)CN2C(=O)[C@H]([C@@H](C)O)NC1=O. The molecule has 1 aromatic rings. The zero-order valence-corrected chi connectivity index (χ0v) is 44.3. The van der Waals surface area contributed by atoms with Crippen LogP contribution in [-0.2, 0) is 33.6 Å². The molecule has 3 saturated heterocycles. The maximum absolute atomic E-state index is 14.5. The molecule has 0 bridgehead atoms. The molecule has 14 N–H and O–H groups in total. The van der Waals surface area contributed by atoms with E-state index < -0.39 is 151 Å². The fourth-order valence-electron chi connectivity index (χ4n) is 9.74. The molecule has 0 aliphatic carbocycles. The number of hydrogen-bond acceptors (Lipinski definition) is 16. The minimum Gasteiger partial charge on any atom is -0.508 e. The summed E-state index contributed by atoms with van der Waals surface area (Å²) in [7, 11) is 0. The van der Waals surface area contributed by atoms with Crippen LogP contribution in [0.5, 0.6) is 5.75 Å². The average Bonchev–Trinajstić information content (AvgIpc) is 3.88. The number of nitrogens with zero attached hydrogens (tertiary/aromatic N) is 2. The van der Waals surface area contributed by atoms with Gasteiger partial charge in [0.15, 0.2) is 6.23 Å². The minimum absolute atomic E-state index is 0.0633. The number of hydrogen-bond donors (Lipinski definition) is 14. The molecule has 23 nitrogen and oxygen atoms in total. The molecule has 3 aliphatic rings. The van der Waals surface area contributed by atoms with Gasteiger partial charge in [-0.1, -0.05) is 82.4 Å². The number of aliphatic hydroxyl groups excluding tert-OH is 8. The number of unbranched alkanes of at least 4 members (excludes halogenated alkanes) is 8. The Morgan fingerprint density at radius 3 is 1.91 bits per heavy atom. The van der Waals surface area contributed by atoms with E-state index in [4.69, 9.17) is 0 Å². The molecule has 1 aromatic carbocycles. The molecule has 3 heterocycles. The third-order valence-electron chi connectivity index (χ3n) is 14.4. The van der Waals surface area contributed by atoms with Crippen molar-refractivity contribution in [1.82, 2.24) is 36.4 Å². The van der Waals surface area contributed by atoms with Crippen molar-refractivity contribution in [3.05, 3.63) is 54.1 Å². The highest BCUT2D eigenvalue weighted by Crippen LogP contribution is 2.35. The van der Waals surface area contributed by atoms with Gasteiger partial charge < -0.3 is 82.3 Å². The van der Waals surface area contributed by atoms with Crippen molar-refractivity contribution >= 4 is 41.4 Å². The topological polar surface area (TPSA) is 368 Å². The Morgan fingerprint density at radius 1 is 0.724 bits per heavy atom. The number of aliphatic hydroxyl groups is 8. The molecular formula is C53H83N7O16. The Labute approximate surface area is 444 Å². The van der Waals surface area contributed by atoms with E-state index in [1.807, 2.05) is 0 Å². The maximum atomic E-state index is 14.5. The Bertz CT molecular complexity index is 2160. The summed E-state index contributed by atoms with van der Waals surface area (Å²) in [5, 5.41) is 111. The summed E-state index contributed by atoms with van der Waals surface area (Å²) in [6.45, 7) is 6.08. The van der Waals surface area contributed by atoms with Crippen LogP contribution in [0.25, 0.3) is 0 Å². The van der Waals surface area contributed by atoms with Gasteiger partial charge in [-0.15, -0.1) is 0 Å². The molecule has 3 aliphatic heterocycles. The number of carbonyl (C=O) groups is 7. The standard InChI is InChI=1S/C53H83N7O16/c1-6-7-8-9-10-11-12-13-14-15-16-17-18-19-20-21-39(66)54-36-27-38(65)48(72)58-52(76)53(5)45(69)30(2)28-60(53)51(75)41(32(4)62)56-49(73)42(44(68)43(67)33-22-24-34(63)25-23-33)57-47(71)37-26-35(64)29-59(37)50(74)40(31(3)61)55-46(36)70/h10-11,13-14,22-25,30-32,35-38,40-45,48,61-65,67-69,72H,6-9,12,15-21,26-29H2,1-5H3,(H,54,66)(H,55,70)(H,56,73)(H,57,71)(H,58,76)/b11-10-,14-13-/t30-,31+,32?,35+,36-,37-,38+,40-,41?,42-,43-,44-,45-,48+,53-/m0/s1.